The Labute approximate surface area is 92.7 Å². The minimum atomic E-state index is -0.361. The van der Waals surface area contributed by atoms with Crippen LogP contribution < -0.4 is 0 Å². The number of benzene rings is 1. The van der Waals surface area contributed by atoms with Gasteiger partial charge in [-0.1, -0.05) is 6.07 Å². The van der Waals surface area contributed by atoms with Crippen LogP contribution in [0.15, 0.2) is 34.9 Å². The standard InChI is InChI=1S/C12H11NO3/c1-8-5-6-10(11-4-3-7-16-11)12(9(8)2)13(14)15/h3-7H,1-2H3. The molecule has 4 heteroatoms. The number of rotatable bonds is 2. The van der Waals surface area contributed by atoms with Gasteiger partial charge in [-0.25, -0.2) is 0 Å². The van der Waals surface area contributed by atoms with Crippen LogP contribution in [0, 0.1) is 24.0 Å². The van der Waals surface area contributed by atoms with Crippen LogP contribution in [-0.4, -0.2) is 4.92 Å². The molecule has 0 fully saturated rings. The zero-order valence-electron chi connectivity index (χ0n) is 9.06. The fourth-order valence-electron chi connectivity index (χ4n) is 1.67. The summed E-state index contributed by atoms with van der Waals surface area (Å²) >= 11 is 0. The maximum Gasteiger partial charge on any atom is 0.283 e. The molecule has 1 aromatic heterocycles. The molecule has 82 valence electrons. The summed E-state index contributed by atoms with van der Waals surface area (Å²) in [5.41, 5.74) is 2.23. The van der Waals surface area contributed by atoms with Crippen LogP contribution in [0.2, 0.25) is 0 Å². The van der Waals surface area contributed by atoms with Gasteiger partial charge < -0.3 is 4.42 Å². The molecule has 0 amide bonds. The third-order valence-electron chi connectivity index (χ3n) is 2.67. The summed E-state index contributed by atoms with van der Waals surface area (Å²) in [6.07, 6.45) is 1.51. The number of furan rings is 1. The molecule has 2 aromatic rings. The first kappa shape index (κ1) is 10.4. The number of hydrogen-bond acceptors (Lipinski definition) is 3. The van der Waals surface area contributed by atoms with Gasteiger partial charge in [0.05, 0.1) is 16.7 Å². The third-order valence-corrected chi connectivity index (χ3v) is 2.67. The Morgan fingerprint density at radius 2 is 2.00 bits per heavy atom. The van der Waals surface area contributed by atoms with Crippen LogP contribution in [-0.2, 0) is 0 Å². The van der Waals surface area contributed by atoms with Crippen molar-refractivity contribution in [2.75, 3.05) is 0 Å². The molecule has 0 saturated heterocycles. The monoisotopic (exact) mass is 217 g/mol. The summed E-state index contributed by atoms with van der Waals surface area (Å²) in [6, 6.07) is 7.02. The molecule has 2 rings (SSSR count). The Hall–Kier alpha value is -2.10. The SMILES string of the molecule is Cc1ccc(-c2ccco2)c([N+](=O)[O-])c1C. The molecule has 0 aliphatic rings. The van der Waals surface area contributed by atoms with Gasteiger partial charge in [-0.3, -0.25) is 10.1 Å². The Morgan fingerprint density at radius 1 is 1.25 bits per heavy atom. The second-order valence-electron chi connectivity index (χ2n) is 3.64. The normalized spacial score (nSPS) is 10.4. The molecule has 0 N–H and O–H groups in total. The first-order valence-corrected chi connectivity index (χ1v) is 4.89. The molecule has 1 aromatic carbocycles. The van der Waals surface area contributed by atoms with Gasteiger partial charge in [0.25, 0.3) is 5.69 Å². The average Bonchev–Trinajstić information content (AvgIpc) is 2.74. The first-order chi connectivity index (χ1) is 7.61. The van der Waals surface area contributed by atoms with Crippen molar-refractivity contribution in [1.82, 2.24) is 0 Å². The van der Waals surface area contributed by atoms with E-state index in [0.717, 1.165) is 5.56 Å². The van der Waals surface area contributed by atoms with Gasteiger partial charge in [0.1, 0.15) is 5.76 Å². The lowest BCUT2D eigenvalue weighted by Crippen LogP contribution is -1.96. The van der Waals surface area contributed by atoms with E-state index < -0.39 is 0 Å². The number of nitro groups is 1. The van der Waals surface area contributed by atoms with Crippen molar-refractivity contribution in [2.24, 2.45) is 0 Å². The van der Waals surface area contributed by atoms with Crippen molar-refractivity contribution >= 4 is 5.69 Å². The Kier molecular flexibility index (Phi) is 2.48. The predicted octanol–water partition coefficient (Wildman–Crippen LogP) is 3.47. The highest BCUT2D eigenvalue weighted by atomic mass is 16.6. The fraction of sp³-hybridized carbons (Fsp3) is 0.167. The second-order valence-corrected chi connectivity index (χ2v) is 3.64. The first-order valence-electron chi connectivity index (χ1n) is 4.89. The molecule has 0 radical (unpaired) electrons. The highest BCUT2D eigenvalue weighted by Crippen LogP contribution is 2.34. The number of nitrogens with zero attached hydrogens (tertiary/aromatic N) is 1. The minimum Gasteiger partial charge on any atom is -0.464 e. The van der Waals surface area contributed by atoms with E-state index in [4.69, 9.17) is 4.42 Å². The summed E-state index contributed by atoms with van der Waals surface area (Å²) in [4.78, 5) is 10.7. The summed E-state index contributed by atoms with van der Waals surface area (Å²) in [5, 5.41) is 11.1. The smallest absolute Gasteiger partial charge is 0.283 e. The van der Waals surface area contributed by atoms with Gasteiger partial charge in [-0.05, 0) is 37.6 Å². The topological polar surface area (TPSA) is 56.3 Å². The van der Waals surface area contributed by atoms with Gasteiger partial charge in [0, 0.05) is 5.56 Å². The molecule has 0 unspecified atom stereocenters. The second kappa shape index (κ2) is 3.81. The lowest BCUT2D eigenvalue weighted by molar-refractivity contribution is -0.384. The predicted molar refractivity (Wildman–Crippen MR) is 60.3 cm³/mol. The fourth-order valence-corrected chi connectivity index (χ4v) is 1.67. The van der Waals surface area contributed by atoms with Crippen molar-refractivity contribution in [3.05, 3.63) is 51.8 Å². The van der Waals surface area contributed by atoms with Crippen LogP contribution in [0.5, 0.6) is 0 Å². The zero-order valence-corrected chi connectivity index (χ0v) is 9.06. The van der Waals surface area contributed by atoms with Gasteiger partial charge in [-0.2, -0.15) is 0 Å². The number of hydrogen-bond donors (Lipinski definition) is 0. The van der Waals surface area contributed by atoms with E-state index in [1.165, 1.54) is 6.26 Å². The molecule has 0 bridgehead atoms. The lowest BCUT2D eigenvalue weighted by Gasteiger charge is -2.05. The Morgan fingerprint density at radius 3 is 2.56 bits per heavy atom. The molecule has 4 nitrogen and oxygen atoms in total. The largest absolute Gasteiger partial charge is 0.464 e. The van der Waals surface area contributed by atoms with Crippen LogP contribution in [0.3, 0.4) is 0 Å². The molecule has 0 aliphatic heterocycles. The molecule has 0 aliphatic carbocycles. The maximum absolute atomic E-state index is 11.1. The van der Waals surface area contributed by atoms with Gasteiger partial charge >= 0.3 is 0 Å². The minimum absolute atomic E-state index is 0.120. The van der Waals surface area contributed by atoms with Crippen molar-refractivity contribution in [1.29, 1.82) is 0 Å². The van der Waals surface area contributed by atoms with E-state index in [1.807, 2.05) is 13.0 Å². The summed E-state index contributed by atoms with van der Waals surface area (Å²) < 4.78 is 5.20. The highest BCUT2D eigenvalue weighted by molar-refractivity contribution is 5.72. The number of nitro benzene ring substituents is 1. The van der Waals surface area contributed by atoms with Gasteiger partial charge in [0.2, 0.25) is 0 Å². The zero-order chi connectivity index (χ0) is 11.7. The van der Waals surface area contributed by atoms with Crippen molar-refractivity contribution in [3.8, 4) is 11.3 Å². The number of aryl methyl sites for hydroxylation is 1. The van der Waals surface area contributed by atoms with Crippen LogP contribution in [0.4, 0.5) is 5.69 Å². The molecule has 16 heavy (non-hydrogen) atoms. The van der Waals surface area contributed by atoms with Crippen LogP contribution >= 0.6 is 0 Å². The average molecular weight is 217 g/mol. The summed E-state index contributed by atoms with van der Waals surface area (Å²) in [5.74, 6) is 0.523. The molecule has 0 atom stereocenters. The highest BCUT2D eigenvalue weighted by Gasteiger charge is 2.21. The van der Waals surface area contributed by atoms with E-state index in [2.05, 4.69) is 0 Å². The van der Waals surface area contributed by atoms with E-state index in [1.54, 1.807) is 25.1 Å². The maximum atomic E-state index is 11.1. The van der Waals surface area contributed by atoms with Gasteiger partial charge in [-0.15, -0.1) is 0 Å². The van der Waals surface area contributed by atoms with Crippen LogP contribution in [0.25, 0.3) is 11.3 Å². The molecule has 0 saturated carbocycles. The Balaban J connectivity index is 2.71. The molecule has 1 heterocycles. The third kappa shape index (κ3) is 1.58. The van der Waals surface area contributed by atoms with E-state index in [0.29, 0.717) is 16.9 Å². The summed E-state index contributed by atoms with van der Waals surface area (Å²) in [7, 11) is 0. The van der Waals surface area contributed by atoms with E-state index in [-0.39, 0.29) is 10.6 Å². The van der Waals surface area contributed by atoms with E-state index in [9.17, 15) is 10.1 Å². The quantitative estimate of drug-likeness (QED) is 0.571. The van der Waals surface area contributed by atoms with E-state index >= 15 is 0 Å². The van der Waals surface area contributed by atoms with Crippen LogP contribution in [0.1, 0.15) is 11.1 Å². The van der Waals surface area contributed by atoms with Crippen molar-refractivity contribution < 1.29 is 9.34 Å². The summed E-state index contributed by atoms with van der Waals surface area (Å²) in [6.45, 7) is 3.61. The molecular formula is C12H11NO3. The van der Waals surface area contributed by atoms with Crippen molar-refractivity contribution in [3.63, 3.8) is 0 Å². The Bertz CT molecular complexity index is 529. The lowest BCUT2D eigenvalue weighted by atomic mass is 10.0. The molecule has 0 spiro atoms. The van der Waals surface area contributed by atoms with Gasteiger partial charge in [0.15, 0.2) is 0 Å². The van der Waals surface area contributed by atoms with Crippen molar-refractivity contribution in [2.45, 2.75) is 13.8 Å². The molecular weight excluding hydrogens is 206 g/mol.